The number of esters is 3. The molecule has 138 heavy (non-hydrogen) atoms. The molecule has 14 unspecified atom stereocenters. The zero-order chi connectivity index (χ0) is 102. The van der Waals surface area contributed by atoms with E-state index in [0.29, 0.717) is 84.1 Å². The number of nitrogens with one attached hydrogen (secondary N) is 1. The summed E-state index contributed by atoms with van der Waals surface area (Å²) >= 11 is 0. The summed E-state index contributed by atoms with van der Waals surface area (Å²) in [7, 11) is -0.836. The van der Waals surface area contributed by atoms with Gasteiger partial charge in [0.2, 0.25) is 38.6 Å². The van der Waals surface area contributed by atoms with E-state index in [1.807, 2.05) is 41.5 Å². The molecule has 35 nitrogen and oxygen atoms in total. The molecule has 0 bridgehead atoms. The van der Waals surface area contributed by atoms with E-state index in [0.717, 1.165) is 121 Å². The van der Waals surface area contributed by atoms with Gasteiger partial charge in [-0.15, -0.1) is 28.2 Å². The fraction of sp³-hybridized carbons (Fsp3) is 0.760. The molecule has 19 atom stereocenters. The van der Waals surface area contributed by atoms with Crippen molar-refractivity contribution in [3.63, 3.8) is 0 Å². The van der Waals surface area contributed by atoms with E-state index < -0.39 is 64.1 Å². The zero-order valence-corrected chi connectivity index (χ0v) is 90.5. The van der Waals surface area contributed by atoms with Crippen LogP contribution in [0.4, 0.5) is 0 Å². The van der Waals surface area contributed by atoms with Crippen LogP contribution in [0, 0.1) is 172 Å². The molecular weight excluding hydrogens is 1840 g/mol. The van der Waals surface area contributed by atoms with Gasteiger partial charge in [0.25, 0.3) is 0 Å². The Morgan fingerprint density at radius 3 is 1.13 bits per heavy atom. The third kappa shape index (κ3) is 34.1. The second-order valence-electron chi connectivity index (χ2n) is 44.2. The molecule has 0 aromatic carbocycles. The molecule has 14 aliphatic carbocycles. The number of hydrogen-bond donors (Lipinski definition) is 3. The Labute approximate surface area is 862 Å². The number of ether oxygens (including phenoxy) is 3. The van der Waals surface area contributed by atoms with E-state index in [1.165, 1.54) is 66.1 Å². The van der Waals surface area contributed by atoms with Gasteiger partial charge < -0.3 is 39.2 Å². The predicted octanol–water partition coefficient (Wildman–Crippen LogP) is 15.8. The zero-order valence-electron chi connectivity index (χ0n) is 85.6. The third-order valence-electron chi connectivity index (χ3n) is 29.5. The molecule has 0 radical (unpaired) electrons. The Morgan fingerprint density at radius 1 is 0.493 bits per heavy atom. The van der Waals surface area contributed by atoms with Gasteiger partial charge in [0, 0.05) is 87.8 Å². The molecule has 766 valence electrons. The molecule has 7 fully saturated rings. The number of rotatable bonds is 31. The van der Waals surface area contributed by atoms with Crippen LogP contribution in [-0.2, 0) is 63.0 Å². The Morgan fingerprint density at radius 2 is 0.804 bits per heavy atom. The predicted molar refractivity (Wildman–Crippen MR) is 516 cm³/mol. The number of tetrazole rings is 1. The minimum atomic E-state index is -3.30. The first-order valence-electron chi connectivity index (χ1n) is 48.6. The Hall–Kier alpha value is -7.46. The fourth-order valence-electron chi connectivity index (χ4n) is 23.6. The summed E-state index contributed by atoms with van der Waals surface area (Å²) in [6.45, 7) is 35.6. The maximum Gasteiger partial charge on any atom is 1.00 e. The fourth-order valence-corrected chi connectivity index (χ4v) is 24.4. The van der Waals surface area contributed by atoms with Crippen LogP contribution >= 0.6 is 20.0 Å². The van der Waals surface area contributed by atoms with Crippen molar-refractivity contribution in [2.75, 3.05) is 53.1 Å². The Balaban J connectivity index is 0.000000277. The topological polar surface area (TPSA) is 529 Å². The number of nitrogens with two attached hydrogens (primary N) is 1. The van der Waals surface area contributed by atoms with Gasteiger partial charge in [0.15, 0.2) is 5.82 Å². The summed E-state index contributed by atoms with van der Waals surface area (Å²) in [5.74, 6) is 4.60. The minimum Gasteiger partial charge on any atom is -0.850 e. The molecule has 0 aliphatic heterocycles. The van der Waals surface area contributed by atoms with Gasteiger partial charge in [0.05, 0.1) is 40.6 Å². The number of carboxylic acids is 1. The molecule has 15 rings (SSSR count). The van der Waals surface area contributed by atoms with Crippen molar-refractivity contribution in [1.82, 2.24) is 20.6 Å². The van der Waals surface area contributed by atoms with Crippen molar-refractivity contribution in [3.05, 3.63) is 150 Å². The minimum absolute atomic E-state index is 0. The molecule has 14 aliphatic rings. The molecule has 0 saturated heterocycles. The van der Waals surface area contributed by atoms with E-state index in [2.05, 4.69) is 127 Å². The molecule has 1 aromatic heterocycles. The number of aliphatic carboxylic acids is 1. The van der Waals surface area contributed by atoms with Crippen LogP contribution in [0.5, 0.6) is 0 Å². The summed E-state index contributed by atoms with van der Waals surface area (Å²) in [5, 5.41) is 95.9. The summed E-state index contributed by atoms with van der Waals surface area (Å²) in [6.07, 6.45) is 38.8. The van der Waals surface area contributed by atoms with Gasteiger partial charge in [-0.2, -0.15) is 10.5 Å². The van der Waals surface area contributed by atoms with Gasteiger partial charge in [-0.05, 0) is 262 Å². The molecule has 1 amide bonds. The molecule has 1 aromatic rings. The number of carboxylic acid groups (broad SMARTS) is 1. The average molecular weight is 2000 g/mol. The number of aromatic amines is 1. The monoisotopic (exact) mass is 2000 g/mol. The summed E-state index contributed by atoms with van der Waals surface area (Å²) in [5.41, 5.74) is 11.8. The maximum atomic E-state index is 12.1. The van der Waals surface area contributed by atoms with Crippen LogP contribution in [-0.4, -0.2) is 161 Å². The normalized spacial score (nSPS) is 30.0. The number of carbonyl (C=O) groups excluding carboxylic acids is 5. The van der Waals surface area contributed by atoms with E-state index in [1.54, 1.807) is 53.2 Å². The Kier molecular flexibility index (Phi) is 44.9. The number of Topliss-reactive ketones (excluding diaryl/α,β-unsaturated/α-hetero) is 1. The van der Waals surface area contributed by atoms with Crippen LogP contribution in [0.2, 0.25) is 0 Å². The van der Waals surface area contributed by atoms with Crippen LogP contribution in [0.25, 0.3) is 0 Å². The van der Waals surface area contributed by atoms with E-state index in [-0.39, 0.29) is 193 Å². The second kappa shape index (κ2) is 51.2. The summed E-state index contributed by atoms with van der Waals surface area (Å²) < 4.78 is 36.4. The molecule has 4 N–H and O–H groups in total. The molecule has 7 saturated carbocycles. The molecule has 1 heterocycles. The van der Waals surface area contributed by atoms with Crippen molar-refractivity contribution in [3.8, 4) is 6.07 Å². The van der Waals surface area contributed by atoms with Gasteiger partial charge >= 0.3 is 82.9 Å². The molecule has 38 heteroatoms. The number of fused-ring (bicyclic) bond motifs is 7. The quantitative estimate of drug-likeness (QED) is 0.00908. The number of allylic oxidation sites excluding steroid dienone is 15. The first-order chi connectivity index (χ1) is 63.2. The standard InChI is InChI=1S/C16H25NO4.C15H22O2.C12H17N5O2.C12H18N2O3.C12H16N2O2.C12H17NO4.C9H12O.C8H17O5P.C4H9O.ClH.K/c1-5-11-6-12-8-16(10-17(19)20,13(12)7-11)9-14(18)21-15(2,3)4;1-5-10-6-11-8-12(13(11)7-10)9-14(16)17-15(2,3)4;1-2-8-3-9-5-12(7-17(18)19,10(9)4-8)6-11-13-15-16-14-11;1-2-8-3-9-5-12(6-11(13)15,7-14(16)17)10(9)4-8;1-2-9-5-10-7-12(3-4-13,8-14(15)16)11(10)6-9;1-2-8-3-9-5-12(6-11(14)15,7-13(16)17)10(9)4-8;1-2-6-3-7-5-9(10)8(7)4-6;1-8(2,3)13-7(9)6-14(10,11-4)12-5;1-4(2,3)5;;/h7,12-13H,5-6,8-10H2,1-4H3;7,9,11,13H,5-6,8H2,1-4H3;4,9-10H,2-3,5-7H2,1H3,(H,13,14,15,16);4,9-10H,2-3,5-7H2,1H3,(H2,13,15);6,10-11H,2-3,5,7-8H2,1H3;4,9-10H,2-3,5-7H2,1H3,(H,14,15);4,7-8H,2-3,5H2,1H3;6H2,1-5H3;1-3H3;1H;/q;;;;;;;;-1;;+1/t12?,13?,16-;;2*9?,10?,12-;10?,11?,12-;9?,10?,12-;;;;;/m1.1101...../s1. The first kappa shape index (κ1) is 121. The first-order valence-corrected chi connectivity index (χ1v) is 50.3. The second-order valence-corrected chi connectivity index (χ2v) is 46.5. The van der Waals surface area contributed by atoms with Crippen molar-refractivity contribution < 1.29 is 143 Å². The van der Waals surface area contributed by atoms with Gasteiger partial charge in [-0.25, -0.2) is 4.79 Å². The number of nitrogens with zero attached hydrogens (tertiary/aromatic N) is 9. The number of hydrogen-bond acceptors (Lipinski definition) is 27. The number of amides is 1. The number of ketones is 1. The van der Waals surface area contributed by atoms with Crippen LogP contribution < -0.4 is 62.2 Å². The maximum absolute atomic E-state index is 12.1. The number of aromatic nitrogens is 4. The van der Waals surface area contributed by atoms with E-state index in [9.17, 15) is 89.0 Å². The number of H-pyrrole nitrogens is 1. The number of halogens is 1. The van der Waals surface area contributed by atoms with Crippen molar-refractivity contribution in [1.29, 1.82) is 5.26 Å². The SMILES string of the molecule is CC(C)(C)[O-].CCC1=CC2C(=CC(=O)OC(C)(C)C)CC2C1.CCC1=CC2C(=O)CC2C1.CCC1=CC2C(C1)C[C@@]2(CC#N)C[N+](=O)[O-].CCC1=CC2C(C1)C[C@@]2(CC(=O)O)C[N+](=O)[O-].CCC1=CC2C(C1)C[C@@]2(CC(=O)OC(C)(C)C)C[N+](=O)[O-].CCC1=CC2C(C1)C[C@@]2(CC(N)=O)C[N+](=O)[O-].CCC1=CC2C(C1)C[C@@]2(Cc1nn[nH]n1)C[N+](=O)[O-].COP(=O)(CC(=O)OC(C)(C)C)OC.Cl.[K+]. The van der Waals surface area contributed by atoms with Crippen molar-refractivity contribution in [2.45, 2.75) is 321 Å². The number of carbonyl (C=O) groups is 6. The van der Waals surface area contributed by atoms with E-state index >= 15 is 0 Å². The van der Waals surface area contributed by atoms with E-state index in [4.69, 9.17) is 30.3 Å². The Bertz CT molecular complexity index is 4720. The van der Waals surface area contributed by atoms with Crippen LogP contribution in [0.15, 0.2) is 93.2 Å². The van der Waals surface area contributed by atoms with Gasteiger partial charge in [-0.3, -0.25) is 79.1 Å². The number of nitriles is 1. The molecule has 0 spiro atoms. The third-order valence-corrected chi connectivity index (χ3v) is 31.2. The largest absolute Gasteiger partial charge is 1.00 e. The van der Waals surface area contributed by atoms with Crippen molar-refractivity contribution >= 4 is 55.6 Å². The number of nitro groups is 5. The summed E-state index contributed by atoms with van der Waals surface area (Å²) in [6, 6.07) is 2.13. The average Bonchev–Trinajstić information content (AvgIpc) is 1.53. The van der Waals surface area contributed by atoms with Crippen molar-refractivity contribution in [2.24, 2.45) is 116 Å². The van der Waals surface area contributed by atoms with Crippen LogP contribution in [0.3, 0.4) is 0 Å². The van der Waals surface area contributed by atoms with Crippen LogP contribution in [0.1, 0.15) is 298 Å². The smallest absolute Gasteiger partial charge is 0.850 e. The number of primary amides is 1. The van der Waals surface area contributed by atoms with Gasteiger partial charge in [-0.1, -0.05) is 162 Å². The van der Waals surface area contributed by atoms with Gasteiger partial charge in [0.1, 0.15) is 28.7 Å². The summed E-state index contributed by atoms with van der Waals surface area (Å²) in [4.78, 5) is 121. The molecular formula is C100H154ClKN11O24P.